The maximum absolute atomic E-state index is 12.6. The van der Waals surface area contributed by atoms with Gasteiger partial charge in [-0.3, -0.25) is 4.79 Å². The Morgan fingerprint density at radius 3 is 2.60 bits per heavy atom. The molecule has 1 N–H and O–H groups in total. The fourth-order valence-electron chi connectivity index (χ4n) is 0.460. The van der Waals surface area contributed by atoms with Crippen molar-refractivity contribution in [1.29, 1.82) is 0 Å². The van der Waals surface area contributed by atoms with Gasteiger partial charge in [-0.25, -0.2) is 0 Å². The molecule has 1 heterocycles. The third-order valence-corrected chi connectivity index (χ3v) is 2.10. The third-order valence-electron chi connectivity index (χ3n) is 0.935. The minimum absolute atomic E-state index is 0.0701. The molecule has 2 nitrogen and oxygen atoms in total. The Bertz CT molecular complexity index is 309. The van der Waals surface area contributed by atoms with E-state index in [1.807, 2.05) is 0 Å². The number of rotatable bonds is 0. The summed E-state index contributed by atoms with van der Waals surface area (Å²) < 4.78 is 12.8. The van der Waals surface area contributed by atoms with Crippen LogP contribution in [0, 0.1) is 5.82 Å². The van der Waals surface area contributed by atoms with E-state index >= 15 is 0 Å². The number of H-pyrrole nitrogens is 1. The first-order valence-electron chi connectivity index (χ1n) is 2.35. The van der Waals surface area contributed by atoms with Crippen molar-refractivity contribution < 1.29 is 4.39 Å². The summed E-state index contributed by atoms with van der Waals surface area (Å²) in [7, 11) is 0. The van der Waals surface area contributed by atoms with Crippen molar-refractivity contribution in [3.63, 3.8) is 0 Å². The Kier molecular flexibility index (Phi) is 2.25. The van der Waals surface area contributed by atoms with Crippen LogP contribution in [0.4, 0.5) is 4.39 Å². The molecular formula is C5H2Br2FNO. The van der Waals surface area contributed by atoms with Crippen molar-refractivity contribution in [1.82, 2.24) is 4.98 Å². The second kappa shape index (κ2) is 2.84. The Morgan fingerprint density at radius 1 is 1.50 bits per heavy atom. The Balaban J connectivity index is 3.50. The van der Waals surface area contributed by atoms with E-state index in [9.17, 15) is 9.18 Å². The lowest BCUT2D eigenvalue weighted by molar-refractivity contribution is 0.601. The molecule has 5 heteroatoms. The average molecular weight is 271 g/mol. The highest BCUT2D eigenvalue weighted by molar-refractivity contribution is 9.11. The quantitative estimate of drug-likeness (QED) is 0.719. The van der Waals surface area contributed by atoms with Crippen LogP contribution in [0.25, 0.3) is 0 Å². The topological polar surface area (TPSA) is 32.9 Å². The molecule has 0 saturated heterocycles. The van der Waals surface area contributed by atoms with Crippen molar-refractivity contribution >= 4 is 31.9 Å². The molecule has 0 amide bonds. The summed E-state index contributed by atoms with van der Waals surface area (Å²) >= 11 is 5.70. The number of hydrogen-bond donors (Lipinski definition) is 1. The summed E-state index contributed by atoms with van der Waals surface area (Å²) in [6.45, 7) is 0. The molecule has 0 aliphatic carbocycles. The van der Waals surface area contributed by atoms with Gasteiger partial charge < -0.3 is 4.98 Å². The number of aromatic amines is 1. The van der Waals surface area contributed by atoms with Crippen LogP contribution in [0.1, 0.15) is 0 Å². The highest BCUT2D eigenvalue weighted by atomic mass is 79.9. The maximum Gasteiger partial charge on any atom is 0.232 e. The fourth-order valence-corrected chi connectivity index (χ4v) is 1.04. The van der Waals surface area contributed by atoms with Crippen molar-refractivity contribution in [3.05, 3.63) is 31.3 Å². The van der Waals surface area contributed by atoms with Crippen molar-refractivity contribution in [3.8, 4) is 0 Å². The summed E-state index contributed by atoms with van der Waals surface area (Å²) in [6, 6.07) is 0. The second-order valence-electron chi connectivity index (χ2n) is 1.59. The second-order valence-corrected chi connectivity index (χ2v) is 3.24. The van der Waals surface area contributed by atoms with Crippen LogP contribution in [-0.4, -0.2) is 4.98 Å². The van der Waals surface area contributed by atoms with Gasteiger partial charge in [-0.2, -0.15) is 4.39 Å². The van der Waals surface area contributed by atoms with Crippen LogP contribution in [0.15, 0.2) is 20.1 Å². The number of halogens is 3. The Morgan fingerprint density at radius 2 is 2.10 bits per heavy atom. The maximum atomic E-state index is 12.6. The Labute approximate surface area is 72.7 Å². The molecule has 0 aliphatic heterocycles. The van der Waals surface area contributed by atoms with E-state index in [-0.39, 0.29) is 9.08 Å². The van der Waals surface area contributed by atoms with Gasteiger partial charge in [-0.1, -0.05) is 0 Å². The van der Waals surface area contributed by atoms with Gasteiger partial charge in [0, 0.05) is 6.20 Å². The van der Waals surface area contributed by atoms with Crippen molar-refractivity contribution in [2.75, 3.05) is 0 Å². The van der Waals surface area contributed by atoms with Crippen molar-refractivity contribution in [2.45, 2.75) is 0 Å². The molecule has 54 valence electrons. The molecule has 0 fully saturated rings. The van der Waals surface area contributed by atoms with Crippen LogP contribution in [0.5, 0.6) is 0 Å². The van der Waals surface area contributed by atoms with Gasteiger partial charge in [0.2, 0.25) is 11.2 Å². The molecule has 0 saturated carbocycles. The third kappa shape index (κ3) is 1.29. The number of pyridine rings is 1. The van der Waals surface area contributed by atoms with Gasteiger partial charge in [0.1, 0.15) is 4.60 Å². The lowest BCUT2D eigenvalue weighted by Gasteiger charge is -1.92. The minimum atomic E-state index is -0.811. The number of aromatic nitrogens is 1. The number of hydrogen-bond acceptors (Lipinski definition) is 1. The van der Waals surface area contributed by atoms with Gasteiger partial charge in [-0.15, -0.1) is 0 Å². The summed E-state index contributed by atoms with van der Waals surface area (Å²) in [4.78, 5) is 13.2. The van der Waals surface area contributed by atoms with E-state index in [1.165, 1.54) is 6.20 Å². The summed E-state index contributed by atoms with van der Waals surface area (Å²) in [5.74, 6) is -0.811. The first-order chi connectivity index (χ1) is 4.63. The van der Waals surface area contributed by atoms with E-state index < -0.39 is 11.2 Å². The fraction of sp³-hybridized carbons (Fsp3) is 0. The van der Waals surface area contributed by atoms with Crippen molar-refractivity contribution in [2.24, 2.45) is 0 Å². The highest BCUT2D eigenvalue weighted by Crippen LogP contribution is 2.10. The van der Waals surface area contributed by atoms with E-state index in [2.05, 4.69) is 36.8 Å². The predicted octanol–water partition coefficient (Wildman–Crippen LogP) is 2.04. The van der Waals surface area contributed by atoms with Crippen LogP contribution in [-0.2, 0) is 0 Å². The molecule has 0 spiro atoms. The van der Waals surface area contributed by atoms with Gasteiger partial charge in [-0.05, 0) is 31.9 Å². The molecule has 0 bridgehead atoms. The normalized spacial score (nSPS) is 9.90. The smallest absolute Gasteiger partial charge is 0.232 e. The zero-order valence-electron chi connectivity index (χ0n) is 4.62. The lowest BCUT2D eigenvalue weighted by Crippen LogP contribution is -2.08. The predicted molar refractivity (Wildman–Crippen MR) is 42.4 cm³/mol. The van der Waals surface area contributed by atoms with Crippen LogP contribution in [0.3, 0.4) is 0 Å². The summed E-state index contributed by atoms with van der Waals surface area (Å²) in [6.07, 6.45) is 1.37. The summed E-state index contributed by atoms with van der Waals surface area (Å²) in [5, 5.41) is 0. The van der Waals surface area contributed by atoms with E-state index in [4.69, 9.17) is 0 Å². The monoisotopic (exact) mass is 269 g/mol. The van der Waals surface area contributed by atoms with Gasteiger partial charge in [0.25, 0.3) is 0 Å². The zero-order chi connectivity index (χ0) is 7.72. The molecule has 0 unspecified atom stereocenters. The molecule has 0 atom stereocenters. The van der Waals surface area contributed by atoms with Gasteiger partial charge >= 0.3 is 0 Å². The standard InChI is InChI=1S/C5H2Br2FNO/c6-2-1-9-5(7)3(8)4(2)10/h1H,(H,9,10). The van der Waals surface area contributed by atoms with Gasteiger partial charge in [0.15, 0.2) is 0 Å². The van der Waals surface area contributed by atoms with E-state index in [0.29, 0.717) is 0 Å². The van der Waals surface area contributed by atoms with Crippen LogP contribution in [0.2, 0.25) is 0 Å². The molecule has 1 aromatic heterocycles. The zero-order valence-corrected chi connectivity index (χ0v) is 7.79. The lowest BCUT2D eigenvalue weighted by atomic mass is 10.5. The molecule has 0 radical (unpaired) electrons. The molecule has 0 aliphatic rings. The van der Waals surface area contributed by atoms with E-state index in [0.717, 1.165) is 0 Å². The molecule has 10 heavy (non-hydrogen) atoms. The first-order valence-corrected chi connectivity index (χ1v) is 3.93. The van der Waals surface area contributed by atoms with E-state index in [1.54, 1.807) is 0 Å². The highest BCUT2D eigenvalue weighted by Gasteiger charge is 2.05. The minimum Gasteiger partial charge on any atom is -0.352 e. The molecule has 1 rings (SSSR count). The van der Waals surface area contributed by atoms with Crippen LogP contribution >= 0.6 is 31.9 Å². The first kappa shape index (κ1) is 7.94. The summed E-state index contributed by atoms with van der Waals surface area (Å²) in [5.41, 5.74) is -0.648. The number of nitrogens with one attached hydrogen (secondary N) is 1. The molecule has 1 aromatic rings. The largest absolute Gasteiger partial charge is 0.352 e. The molecule has 0 aromatic carbocycles. The Hall–Kier alpha value is -0.160. The van der Waals surface area contributed by atoms with Crippen LogP contribution < -0.4 is 5.43 Å². The average Bonchev–Trinajstić information content (AvgIpc) is 1.93. The molecular weight excluding hydrogens is 269 g/mol. The van der Waals surface area contributed by atoms with Gasteiger partial charge in [0.05, 0.1) is 4.47 Å². The SMILES string of the molecule is O=c1c(Br)c[nH]c(Br)c1F.